The Balaban J connectivity index is 2.00. The third-order valence-corrected chi connectivity index (χ3v) is 4.87. The van der Waals surface area contributed by atoms with Crippen molar-refractivity contribution in [2.45, 2.75) is 45.6 Å². The van der Waals surface area contributed by atoms with Gasteiger partial charge in [0.05, 0.1) is 24.9 Å². The van der Waals surface area contributed by atoms with Crippen molar-refractivity contribution in [2.24, 2.45) is 0 Å². The van der Waals surface area contributed by atoms with Gasteiger partial charge >= 0.3 is 5.97 Å². The van der Waals surface area contributed by atoms with Gasteiger partial charge in [-0.1, -0.05) is 26.0 Å². The standard InChI is InChI=1S/C21H25NO5/c1-13(2)15-7-9-16(10-8-15)22-14(3)19(21(24)25-4)18(20(22)23)12-17-6-5-11-26-27-17/h7-10,12-13,17H,5-6,11H2,1-4H3/b18-12-. The Bertz CT molecular complexity index is 785. The Labute approximate surface area is 159 Å². The summed E-state index contributed by atoms with van der Waals surface area (Å²) in [6.07, 6.45) is 2.86. The van der Waals surface area contributed by atoms with Crippen LogP contribution in [0.4, 0.5) is 5.69 Å². The number of allylic oxidation sites excluding steroid dienone is 1. The van der Waals surface area contributed by atoms with E-state index in [-0.39, 0.29) is 17.6 Å². The molecule has 0 saturated carbocycles. The van der Waals surface area contributed by atoms with E-state index < -0.39 is 5.97 Å². The molecule has 1 atom stereocenters. The van der Waals surface area contributed by atoms with Gasteiger partial charge in [-0.05, 0) is 49.5 Å². The van der Waals surface area contributed by atoms with Gasteiger partial charge in [0.1, 0.15) is 6.10 Å². The highest BCUT2D eigenvalue weighted by Crippen LogP contribution is 2.35. The van der Waals surface area contributed by atoms with Gasteiger partial charge in [0.25, 0.3) is 5.91 Å². The summed E-state index contributed by atoms with van der Waals surface area (Å²) in [5.74, 6) is -0.404. The average Bonchev–Trinajstić information content (AvgIpc) is 2.92. The van der Waals surface area contributed by atoms with Crippen molar-refractivity contribution in [3.63, 3.8) is 0 Å². The lowest BCUT2D eigenvalue weighted by Crippen LogP contribution is -2.26. The van der Waals surface area contributed by atoms with E-state index in [2.05, 4.69) is 13.8 Å². The van der Waals surface area contributed by atoms with Crippen LogP contribution in [0.2, 0.25) is 0 Å². The monoisotopic (exact) mass is 371 g/mol. The first-order valence-corrected chi connectivity index (χ1v) is 9.18. The molecular weight excluding hydrogens is 346 g/mol. The van der Waals surface area contributed by atoms with Crippen molar-refractivity contribution >= 4 is 17.6 Å². The molecule has 6 heteroatoms. The minimum absolute atomic E-state index is 0.264. The van der Waals surface area contributed by atoms with E-state index in [0.717, 1.165) is 12.8 Å². The van der Waals surface area contributed by atoms with Crippen molar-refractivity contribution in [3.05, 3.63) is 52.7 Å². The molecular formula is C21H25NO5. The lowest BCUT2D eigenvalue weighted by atomic mass is 10.0. The molecule has 0 radical (unpaired) electrons. The zero-order chi connectivity index (χ0) is 19.6. The summed E-state index contributed by atoms with van der Waals surface area (Å²) in [7, 11) is 1.31. The number of hydrogen-bond donors (Lipinski definition) is 0. The van der Waals surface area contributed by atoms with Crippen LogP contribution in [0.1, 0.15) is 45.1 Å². The van der Waals surface area contributed by atoms with E-state index in [1.807, 2.05) is 24.3 Å². The van der Waals surface area contributed by atoms with Gasteiger partial charge in [0, 0.05) is 11.4 Å². The molecule has 1 unspecified atom stereocenters. The number of rotatable bonds is 4. The van der Waals surface area contributed by atoms with E-state index in [1.165, 1.54) is 12.7 Å². The number of esters is 1. The van der Waals surface area contributed by atoms with Crippen LogP contribution < -0.4 is 4.90 Å². The van der Waals surface area contributed by atoms with Gasteiger partial charge in [-0.3, -0.25) is 9.69 Å². The SMILES string of the molecule is COC(=O)C1=C(C)N(c2ccc(C(C)C)cc2)C(=O)/C1=C\C1CCCOO1. The van der Waals surface area contributed by atoms with Crippen LogP contribution >= 0.6 is 0 Å². The molecule has 0 N–H and O–H groups in total. The van der Waals surface area contributed by atoms with Crippen LogP contribution in [0, 0.1) is 0 Å². The van der Waals surface area contributed by atoms with Gasteiger partial charge < -0.3 is 4.74 Å². The molecule has 2 heterocycles. The Morgan fingerprint density at radius 3 is 2.56 bits per heavy atom. The zero-order valence-electron chi connectivity index (χ0n) is 16.2. The van der Waals surface area contributed by atoms with E-state index >= 15 is 0 Å². The first kappa shape index (κ1) is 19.3. The number of amides is 1. The number of benzene rings is 1. The van der Waals surface area contributed by atoms with Crippen LogP contribution in [-0.4, -0.2) is 31.7 Å². The molecule has 2 aliphatic heterocycles. The number of nitrogens with zero attached hydrogens (tertiary/aromatic N) is 1. The van der Waals surface area contributed by atoms with Crippen molar-refractivity contribution in [3.8, 4) is 0 Å². The summed E-state index contributed by atoms with van der Waals surface area (Å²) in [6, 6.07) is 7.79. The fourth-order valence-electron chi connectivity index (χ4n) is 3.34. The normalized spacial score (nSPS) is 22.1. The first-order valence-electron chi connectivity index (χ1n) is 9.18. The average molecular weight is 371 g/mol. The van der Waals surface area contributed by atoms with Gasteiger partial charge in [-0.2, -0.15) is 0 Å². The van der Waals surface area contributed by atoms with E-state index in [1.54, 1.807) is 17.9 Å². The minimum atomic E-state index is -0.537. The molecule has 1 aromatic rings. The summed E-state index contributed by atoms with van der Waals surface area (Å²) in [4.78, 5) is 37.3. The second-order valence-electron chi connectivity index (χ2n) is 7.02. The molecule has 1 amide bonds. The van der Waals surface area contributed by atoms with Crippen LogP contribution in [0.15, 0.2) is 47.2 Å². The number of anilines is 1. The highest BCUT2D eigenvalue weighted by Gasteiger charge is 2.38. The summed E-state index contributed by atoms with van der Waals surface area (Å²) >= 11 is 0. The van der Waals surface area contributed by atoms with Crippen molar-refractivity contribution in [1.82, 2.24) is 0 Å². The molecule has 0 bridgehead atoms. The van der Waals surface area contributed by atoms with Crippen LogP contribution in [0.3, 0.4) is 0 Å². The Morgan fingerprint density at radius 1 is 1.30 bits per heavy atom. The molecule has 1 saturated heterocycles. The fraction of sp³-hybridized carbons (Fsp3) is 0.429. The maximum Gasteiger partial charge on any atom is 0.340 e. The topological polar surface area (TPSA) is 65.1 Å². The predicted molar refractivity (Wildman–Crippen MR) is 101 cm³/mol. The van der Waals surface area contributed by atoms with Crippen molar-refractivity contribution < 1.29 is 24.1 Å². The molecule has 0 spiro atoms. The zero-order valence-corrected chi connectivity index (χ0v) is 16.2. The molecule has 1 fully saturated rings. The Morgan fingerprint density at radius 2 is 2.00 bits per heavy atom. The lowest BCUT2D eigenvalue weighted by Gasteiger charge is -2.20. The fourth-order valence-corrected chi connectivity index (χ4v) is 3.34. The molecule has 3 rings (SSSR count). The molecule has 144 valence electrons. The van der Waals surface area contributed by atoms with Crippen molar-refractivity contribution in [2.75, 3.05) is 18.6 Å². The molecule has 0 aliphatic carbocycles. The molecule has 6 nitrogen and oxygen atoms in total. The van der Waals surface area contributed by atoms with Crippen LogP contribution in [-0.2, 0) is 24.1 Å². The number of carbonyl (C=O) groups is 2. The van der Waals surface area contributed by atoms with E-state index in [0.29, 0.717) is 29.5 Å². The summed E-state index contributed by atoms with van der Waals surface area (Å²) in [5, 5.41) is 0. The second-order valence-corrected chi connectivity index (χ2v) is 7.02. The smallest absolute Gasteiger partial charge is 0.340 e. The Kier molecular flexibility index (Phi) is 5.77. The maximum atomic E-state index is 13.2. The second kappa shape index (κ2) is 8.06. The largest absolute Gasteiger partial charge is 0.465 e. The van der Waals surface area contributed by atoms with Gasteiger partial charge in [0.2, 0.25) is 0 Å². The summed E-state index contributed by atoms with van der Waals surface area (Å²) in [6.45, 7) is 6.51. The third-order valence-electron chi connectivity index (χ3n) is 4.87. The highest BCUT2D eigenvalue weighted by molar-refractivity contribution is 6.21. The molecule has 27 heavy (non-hydrogen) atoms. The molecule has 0 aromatic heterocycles. The van der Waals surface area contributed by atoms with Crippen LogP contribution in [0.25, 0.3) is 0 Å². The number of ether oxygens (including phenoxy) is 1. The number of methoxy groups -OCH3 is 1. The first-order chi connectivity index (χ1) is 12.9. The predicted octanol–water partition coefficient (Wildman–Crippen LogP) is 3.64. The van der Waals surface area contributed by atoms with Gasteiger partial charge in [0.15, 0.2) is 0 Å². The van der Waals surface area contributed by atoms with Gasteiger partial charge in [-0.15, -0.1) is 0 Å². The third kappa shape index (κ3) is 3.82. The maximum absolute atomic E-state index is 13.2. The highest BCUT2D eigenvalue weighted by atomic mass is 17.2. The number of carbonyl (C=O) groups excluding carboxylic acids is 2. The van der Waals surface area contributed by atoms with E-state index in [9.17, 15) is 9.59 Å². The quantitative estimate of drug-likeness (QED) is 0.459. The molecule has 1 aromatic carbocycles. The summed E-state index contributed by atoms with van der Waals surface area (Å²) < 4.78 is 4.92. The van der Waals surface area contributed by atoms with E-state index in [4.69, 9.17) is 14.5 Å². The van der Waals surface area contributed by atoms with Gasteiger partial charge in [-0.25, -0.2) is 14.6 Å². The summed E-state index contributed by atoms with van der Waals surface area (Å²) in [5.41, 5.74) is 3.01. The lowest BCUT2D eigenvalue weighted by molar-refractivity contribution is -0.333. The minimum Gasteiger partial charge on any atom is -0.465 e. The van der Waals surface area contributed by atoms with Crippen LogP contribution in [0.5, 0.6) is 0 Å². The Hall–Kier alpha value is -2.44. The molecule has 2 aliphatic rings. The number of hydrogen-bond acceptors (Lipinski definition) is 5. The van der Waals surface area contributed by atoms with Crippen molar-refractivity contribution in [1.29, 1.82) is 0 Å².